The lowest BCUT2D eigenvalue weighted by Crippen LogP contribution is -2.43. The minimum Gasteiger partial charge on any atom is -0.207 e. The number of hydrogen-bond acceptors (Lipinski definition) is 4. The molecule has 0 aliphatic carbocycles. The van der Waals surface area contributed by atoms with Gasteiger partial charge in [0.1, 0.15) is 12.1 Å². The zero-order chi connectivity index (χ0) is 13.9. The van der Waals surface area contributed by atoms with Crippen molar-refractivity contribution in [3.05, 3.63) is 29.8 Å². The van der Waals surface area contributed by atoms with Crippen molar-refractivity contribution in [1.29, 1.82) is 10.5 Å². The van der Waals surface area contributed by atoms with Crippen LogP contribution >= 0.6 is 0 Å². The fourth-order valence-corrected chi connectivity index (χ4v) is 3.98. The Labute approximate surface area is 112 Å². The van der Waals surface area contributed by atoms with Crippen LogP contribution < -0.4 is 0 Å². The average Bonchev–Trinajstić information content (AvgIpc) is 2.47. The van der Waals surface area contributed by atoms with Crippen molar-refractivity contribution in [3.8, 4) is 12.1 Å². The summed E-state index contributed by atoms with van der Waals surface area (Å²) in [5.41, 5.74) is 0.116. The third-order valence-electron chi connectivity index (χ3n) is 3.20. The predicted octanol–water partition coefficient (Wildman–Crippen LogP) is 1.63. The van der Waals surface area contributed by atoms with Gasteiger partial charge in [-0.25, -0.2) is 8.42 Å². The molecule has 2 rings (SSSR count). The summed E-state index contributed by atoms with van der Waals surface area (Å²) in [4.78, 5) is -0.0142. The van der Waals surface area contributed by atoms with Crippen LogP contribution in [0.15, 0.2) is 29.2 Å². The van der Waals surface area contributed by atoms with Crippen LogP contribution in [0.25, 0.3) is 0 Å². The summed E-state index contributed by atoms with van der Waals surface area (Å²) in [6.45, 7) is 0.334. The molecule has 1 aliphatic rings. The van der Waals surface area contributed by atoms with Gasteiger partial charge in [0.05, 0.1) is 16.5 Å². The quantitative estimate of drug-likeness (QED) is 0.821. The molecule has 0 aromatic heterocycles. The highest BCUT2D eigenvalue weighted by molar-refractivity contribution is 7.89. The molecule has 0 spiro atoms. The van der Waals surface area contributed by atoms with Crippen LogP contribution in [-0.4, -0.2) is 25.3 Å². The standard InChI is InChI=1S/C13H13N3O2S/c14-9-11-5-1-2-7-13(11)19(17,18)16-8-4-3-6-12(16)10-15/h1-2,5,7,12H,3-4,6,8H2. The predicted molar refractivity (Wildman–Crippen MR) is 68.3 cm³/mol. The van der Waals surface area contributed by atoms with Gasteiger partial charge >= 0.3 is 0 Å². The Hall–Kier alpha value is -1.89. The van der Waals surface area contributed by atoms with Crippen molar-refractivity contribution in [3.63, 3.8) is 0 Å². The molecule has 98 valence electrons. The second kappa shape index (κ2) is 5.40. The molecular weight excluding hydrogens is 262 g/mol. The molecule has 1 heterocycles. The van der Waals surface area contributed by atoms with E-state index in [0.29, 0.717) is 13.0 Å². The molecule has 1 saturated heterocycles. The molecule has 0 radical (unpaired) electrons. The summed E-state index contributed by atoms with van der Waals surface area (Å²) in [6, 6.07) is 9.37. The number of benzene rings is 1. The van der Waals surface area contributed by atoms with Crippen LogP contribution in [0, 0.1) is 22.7 Å². The summed E-state index contributed by atoms with van der Waals surface area (Å²) in [6.07, 6.45) is 2.14. The van der Waals surface area contributed by atoms with Crippen LogP contribution in [0.2, 0.25) is 0 Å². The molecule has 1 fully saturated rings. The van der Waals surface area contributed by atoms with Crippen molar-refractivity contribution < 1.29 is 8.42 Å². The zero-order valence-electron chi connectivity index (χ0n) is 10.3. The van der Waals surface area contributed by atoms with E-state index in [0.717, 1.165) is 12.8 Å². The van der Waals surface area contributed by atoms with Crippen molar-refractivity contribution in [1.82, 2.24) is 4.31 Å². The molecule has 1 unspecified atom stereocenters. The number of hydrogen-bond donors (Lipinski definition) is 0. The van der Waals surface area contributed by atoms with Crippen LogP contribution in [0.4, 0.5) is 0 Å². The van der Waals surface area contributed by atoms with Gasteiger partial charge in [0, 0.05) is 6.54 Å². The highest BCUT2D eigenvalue weighted by Crippen LogP contribution is 2.26. The van der Waals surface area contributed by atoms with Gasteiger partial charge in [-0.2, -0.15) is 14.8 Å². The van der Waals surface area contributed by atoms with E-state index < -0.39 is 16.1 Å². The second-order valence-corrected chi connectivity index (χ2v) is 6.22. The maximum absolute atomic E-state index is 12.6. The van der Waals surface area contributed by atoms with E-state index in [-0.39, 0.29) is 10.5 Å². The Balaban J connectivity index is 2.48. The first kappa shape index (κ1) is 13.5. The Bertz CT molecular complexity index is 655. The summed E-state index contributed by atoms with van der Waals surface area (Å²) in [5.74, 6) is 0. The average molecular weight is 275 g/mol. The lowest BCUT2D eigenvalue weighted by molar-refractivity contribution is 0.297. The third-order valence-corrected chi connectivity index (χ3v) is 5.16. The van der Waals surface area contributed by atoms with E-state index in [9.17, 15) is 8.42 Å². The van der Waals surface area contributed by atoms with Gasteiger partial charge in [-0.3, -0.25) is 0 Å². The van der Waals surface area contributed by atoms with Gasteiger partial charge in [-0.05, 0) is 31.4 Å². The van der Waals surface area contributed by atoms with Crippen molar-refractivity contribution in [2.24, 2.45) is 0 Å². The normalized spacial score (nSPS) is 20.4. The molecule has 0 bridgehead atoms. The summed E-state index contributed by atoms with van der Waals surface area (Å²) < 4.78 is 26.3. The fraction of sp³-hybridized carbons (Fsp3) is 0.385. The molecule has 19 heavy (non-hydrogen) atoms. The first-order valence-electron chi connectivity index (χ1n) is 6.02. The fourth-order valence-electron chi connectivity index (χ4n) is 2.23. The van der Waals surface area contributed by atoms with Crippen LogP contribution in [-0.2, 0) is 10.0 Å². The van der Waals surface area contributed by atoms with E-state index in [4.69, 9.17) is 10.5 Å². The Morgan fingerprint density at radius 1 is 1.21 bits per heavy atom. The topological polar surface area (TPSA) is 85.0 Å². The molecular formula is C13H13N3O2S. The first-order valence-corrected chi connectivity index (χ1v) is 7.46. The van der Waals surface area contributed by atoms with Gasteiger partial charge < -0.3 is 0 Å². The molecule has 0 N–H and O–H groups in total. The van der Waals surface area contributed by atoms with Crippen molar-refractivity contribution in [2.45, 2.75) is 30.2 Å². The lowest BCUT2D eigenvalue weighted by atomic mass is 10.1. The Morgan fingerprint density at radius 3 is 2.63 bits per heavy atom. The number of sulfonamides is 1. The first-order chi connectivity index (χ1) is 9.11. The monoisotopic (exact) mass is 275 g/mol. The lowest BCUT2D eigenvalue weighted by Gasteiger charge is -2.30. The maximum atomic E-state index is 12.6. The molecule has 1 aromatic carbocycles. The Kier molecular flexibility index (Phi) is 3.84. The summed E-state index contributed by atoms with van der Waals surface area (Å²) >= 11 is 0. The molecule has 1 aliphatic heterocycles. The van der Waals surface area contributed by atoms with Gasteiger partial charge in [0.15, 0.2) is 0 Å². The van der Waals surface area contributed by atoms with Crippen molar-refractivity contribution in [2.75, 3.05) is 6.54 Å². The molecule has 0 amide bonds. The number of nitrogens with zero attached hydrogens (tertiary/aromatic N) is 3. The molecule has 5 nitrogen and oxygen atoms in total. The van der Waals surface area contributed by atoms with E-state index in [1.807, 2.05) is 12.1 Å². The smallest absolute Gasteiger partial charge is 0.207 e. The van der Waals surface area contributed by atoms with Gasteiger partial charge in [-0.15, -0.1) is 0 Å². The van der Waals surface area contributed by atoms with Crippen molar-refractivity contribution >= 4 is 10.0 Å². The van der Waals surface area contributed by atoms with E-state index in [1.54, 1.807) is 12.1 Å². The zero-order valence-corrected chi connectivity index (χ0v) is 11.1. The van der Waals surface area contributed by atoms with E-state index >= 15 is 0 Å². The molecule has 1 aromatic rings. The number of piperidine rings is 1. The number of nitriles is 2. The van der Waals surface area contributed by atoms with Gasteiger partial charge in [-0.1, -0.05) is 12.1 Å². The van der Waals surface area contributed by atoms with Crippen LogP contribution in [0.5, 0.6) is 0 Å². The minimum absolute atomic E-state index is 0.0142. The summed E-state index contributed by atoms with van der Waals surface area (Å²) in [7, 11) is -3.78. The number of rotatable bonds is 2. The molecule has 1 atom stereocenters. The summed E-state index contributed by atoms with van der Waals surface area (Å²) in [5, 5.41) is 18.1. The molecule has 6 heteroatoms. The highest BCUT2D eigenvalue weighted by atomic mass is 32.2. The van der Waals surface area contributed by atoms with E-state index in [1.165, 1.54) is 16.4 Å². The molecule has 0 saturated carbocycles. The van der Waals surface area contributed by atoms with Crippen LogP contribution in [0.3, 0.4) is 0 Å². The third kappa shape index (κ3) is 2.46. The highest BCUT2D eigenvalue weighted by Gasteiger charge is 2.34. The second-order valence-electron chi connectivity index (χ2n) is 4.36. The Morgan fingerprint density at radius 2 is 1.95 bits per heavy atom. The van der Waals surface area contributed by atoms with Gasteiger partial charge in [0.25, 0.3) is 0 Å². The van der Waals surface area contributed by atoms with Gasteiger partial charge in [0.2, 0.25) is 10.0 Å². The van der Waals surface area contributed by atoms with Crippen LogP contribution in [0.1, 0.15) is 24.8 Å². The largest absolute Gasteiger partial charge is 0.245 e. The SMILES string of the molecule is N#Cc1ccccc1S(=O)(=O)N1CCCCC1C#N. The maximum Gasteiger partial charge on any atom is 0.245 e. The van der Waals surface area contributed by atoms with E-state index in [2.05, 4.69) is 0 Å². The minimum atomic E-state index is -3.78.